The van der Waals surface area contributed by atoms with Crippen molar-refractivity contribution in [3.8, 4) is 0 Å². The molecule has 2 saturated heterocycles. The summed E-state index contributed by atoms with van der Waals surface area (Å²) in [5.41, 5.74) is 2.36. The van der Waals surface area contributed by atoms with Gasteiger partial charge in [0.15, 0.2) is 11.5 Å². The Kier molecular flexibility index (Phi) is 3.19. The fourth-order valence-corrected chi connectivity index (χ4v) is 3.88. The van der Waals surface area contributed by atoms with Gasteiger partial charge in [-0.3, -0.25) is 4.40 Å². The summed E-state index contributed by atoms with van der Waals surface area (Å²) in [6.45, 7) is 5.98. The highest BCUT2D eigenvalue weighted by Crippen LogP contribution is 2.40. The number of imidazole rings is 1. The van der Waals surface area contributed by atoms with Gasteiger partial charge in [0.2, 0.25) is 0 Å². The van der Waals surface area contributed by atoms with E-state index in [1.165, 1.54) is 19.3 Å². The van der Waals surface area contributed by atoms with Gasteiger partial charge in [-0.2, -0.15) is 0 Å². The van der Waals surface area contributed by atoms with Crippen molar-refractivity contribution in [2.45, 2.75) is 26.2 Å². The maximum Gasteiger partial charge on any atom is 0.181 e. The summed E-state index contributed by atoms with van der Waals surface area (Å²) >= 11 is 3.59. The molecule has 5 nitrogen and oxygen atoms in total. The molecule has 0 amide bonds. The molecule has 6 heteroatoms. The normalized spacial score (nSPS) is 21.5. The third-order valence-corrected chi connectivity index (χ3v) is 5.89. The zero-order valence-electron chi connectivity index (χ0n) is 12.2. The number of rotatable bonds is 1. The molecule has 0 bridgehead atoms. The summed E-state index contributed by atoms with van der Waals surface area (Å²) in [5.74, 6) is 1.01. The van der Waals surface area contributed by atoms with Crippen molar-refractivity contribution < 1.29 is 4.74 Å². The SMILES string of the molecule is Cc1nc(N2CCC3(CCOC3)CC2)c2nccn2c1Br. The number of ether oxygens (including phenoxy) is 1. The van der Waals surface area contributed by atoms with Gasteiger partial charge in [-0.05, 0) is 47.5 Å². The van der Waals surface area contributed by atoms with Crippen LogP contribution in [0.4, 0.5) is 5.82 Å². The predicted molar refractivity (Wildman–Crippen MR) is 84.7 cm³/mol. The number of aryl methyl sites for hydroxylation is 1. The van der Waals surface area contributed by atoms with Crippen LogP contribution in [0.5, 0.6) is 0 Å². The van der Waals surface area contributed by atoms with E-state index in [9.17, 15) is 0 Å². The lowest BCUT2D eigenvalue weighted by Crippen LogP contribution is -2.41. The molecule has 2 aromatic heterocycles. The van der Waals surface area contributed by atoms with Crippen molar-refractivity contribution in [1.82, 2.24) is 14.4 Å². The molecule has 0 N–H and O–H groups in total. The molecule has 112 valence electrons. The Morgan fingerprint density at radius 3 is 2.81 bits per heavy atom. The maximum absolute atomic E-state index is 5.61. The quantitative estimate of drug-likeness (QED) is 0.793. The predicted octanol–water partition coefficient (Wildman–Crippen LogP) is 2.81. The topological polar surface area (TPSA) is 42.7 Å². The van der Waals surface area contributed by atoms with E-state index in [2.05, 4.69) is 30.2 Å². The molecule has 0 saturated carbocycles. The van der Waals surface area contributed by atoms with E-state index in [4.69, 9.17) is 9.72 Å². The van der Waals surface area contributed by atoms with E-state index < -0.39 is 0 Å². The minimum Gasteiger partial charge on any atom is -0.381 e. The minimum absolute atomic E-state index is 0.423. The lowest BCUT2D eigenvalue weighted by molar-refractivity contribution is 0.133. The molecule has 2 aromatic rings. The smallest absolute Gasteiger partial charge is 0.181 e. The third-order valence-electron chi connectivity index (χ3n) is 4.93. The van der Waals surface area contributed by atoms with Crippen molar-refractivity contribution >= 4 is 27.4 Å². The van der Waals surface area contributed by atoms with Crippen molar-refractivity contribution in [3.63, 3.8) is 0 Å². The molecule has 2 fully saturated rings. The highest BCUT2D eigenvalue weighted by molar-refractivity contribution is 9.10. The van der Waals surface area contributed by atoms with E-state index in [0.29, 0.717) is 5.41 Å². The molecule has 0 radical (unpaired) electrons. The average molecular weight is 351 g/mol. The van der Waals surface area contributed by atoms with Gasteiger partial charge < -0.3 is 9.64 Å². The van der Waals surface area contributed by atoms with Crippen LogP contribution < -0.4 is 4.90 Å². The number of anilines is 1. The summed E-state index contributed by atoms with van der Waals surface area (Å²) in [5, 5.41) is 0. The molecule has 0 atom stereocenters. The van der Waals surface area contributed by atoms with Gasteiger partial charge in [0, 0.05) is 32.1 Å². The fourth-order valence-electron chi connectivity index (χ4n) is 3.51. The second-order valence-corrected chi connectivity index (χ2v) is 6.97. The molecule has 4 rings (SSSR count). The molecule has 0 unspecified atom stereocenters. The summed E-state index contributed by atoms with van der Waals surface area (Å²) < 4.78 is 8.67. The highest BCUT2D eigenvalue weighted by Gasteiger charge is 2.38. The molecule has 1 spiro atoms. The van der Waals surface area contributed by atoms with Gasteiger partial charge in [0.05, 0.1) is 12.3 Å². The minimum atomic E-state index is 0.423. The fraction of sp³-hybridized carbons (Fsp3) is 0.600. The first-order chi connectivity index (χ1) is 10.2. The van der Waals surface area contributed by atoms with Gasteiger partial charge in [-0.1, -0.05) is 0 Å². The van der Waals surface area contributed by atoms with Gasteiger partial charge in [-0.25, -0.2) is 9.97 Å². The Labute approximate surface area is 132 Å². The highest BCUT2D eigenvalue weighted by atomic mass is 79.9. The molecule has 2 aliphatic rings. The van der Waals surface area contributed by atoms with Crippen molar-refractivity contribution in [2.75, 3.05) is 31.2 Å². The number of aromatic nitrogens is 3. The zero-order chi connectivity index (χ0) is 14.4. The van der Waals surface area contributed by atoms with Crippen LogP contribution in [-0.4, -0.2) is 40.7 Å². The van der Waals surface area contributed by atoms with Crippen LogP contribution >= 0.6 is 15.9 Å². The van der Waals surface area contributed by atoms with Crippen molar-refractivity contribution in [1.29, 1.82) is 0 Å². The van der Waals surface area contributed by atoms with Crippen LogP contribution in [0.1, 0.15) is 25.0 Å². The van der Waals surface area contributed by atoms with E-state index in [1.54, 1.807) is 0 Å². The number of nitrogens with zero attached hydrogens (tertiary/aromatic N) is 4. The Morgan fingerprint density at radius 1 is 1.29 bits per heavy atom. The first-order valence-corrected chi connectivity index (χ1v) is 8.30. The first-order valence-electron chi connectivity index (χ1n) is 7.50. The number of piperidine rings is 1. The zero-order valence-corrected chi connectivity index (χ0v) is 13.8. The maximum atomic E-state index is 5.61. The summed E-state index contributed by atoms with van der Waals surface area (Å²) in [6, 6.07) is 0. The largest absolute Gasteiger partial charge is 0.381 e. The van der Waals surface area contributed by atoms with Gasteiger partial charge in [-0.15, -0.1) is 0 Å². The van der Waals surface area contributed by atoms with Crippen LogP contribution in [0.25, 0.3) is 5.65 Å². The molecule has 4 heterocycles. The summed E-state index contributed by atoms with van der Waals surface area (Å²) in [6.07, 6.45) is 7.41. The number of fused-ring (bicyclic) bond motifs is 1. The average Bonchev–Trinajstić information content (AvgIpc) is 3.14. The Hall–Kier alpha value is -1.14. The molecule has 0 aromatic carbocycles. The standard InChI is InChI=1S/C15H19BrN4O/c1-11-12(16)20-8-5-17-13(20)14(18-11)19-6-2-15(3-7-19)4-9-21-10-15/h5,8H,2-4,6-7,9-10H2,1H3. The molecule has 0 aliphatic carbocycles. The number of hydrogen-bond acceptors (Lipinski definition) is 4. The lowest BCUT2D eigenvalue weighted by atomic mass is 9.78. The first kappa shape index (κ1) is 13.5. The van der Waals surface area contributed by atoms with Gasteiger partial charge in [0.25, 0.3) is 0 Å². The van der Waals surface area contributed by atoms with E-state index in [0.717, 1.165) is 48.1 Å². The van der Waals surface area contributed by atoms with E-state index in [-0.39, 0.29) is 0 Å². The monoisotopic (exact) mass is 350 g/mol. The molecule has 21 heavy (non-hydrogen) atoms. The molecular formula is C15H19BrN4O. The lowest BCUT2D eigenvalue weighted by Gasteiger charge is -2.39. The van der Waals surface area contributed by atoms with Crippen molar-refractivity contribution in [3.05, 3.63) is 22.7 Å². The van der Waals surface area contributed by atoms with E-state index >= 15 is 0 Å². The number of halogens is 1. The summed E-state index contributed by atoms with van der Waals surface area (Å²) in [7, 11) is 0. The molecular weight excluding hydrogens is 332 g/mol. The van der Waals surface area contributed by atoms with Crippen LogP contribution in [0.2, 0.25) is 0 Å². The van der Waals surface area contributed by atoms with Crippen LogP contribution in [0.3, 0.4) is 0 Å². The van der Waals surface area contributed by atoms with Crippen LogP contribution in [0, 0.1) is 12.3 Å². The second-order valence-electron chi connectivity index (χ2n) is 6.22. The van der Waals surface area contributed by atoms with E-state index in [1.807, 2.05) is 19.3 Å². The third kappa shape index (κ3) is 2.16. The second kappa shape index (κ2) is 4.95. The van der Waals surface area contributed by atoms with Gasteiger partial charge >= 0.3 is 0 Å². The Morgan fingerprint density at radius 2 is 2.10 bits per heavy atom. The van der Waals surface area contributed by atoms with Crippen LogP contribution in [0.15, 0.2) is 17.0 Å². The Bertz CT molecular complexity index is 668. The number of hydrogen-bond donors (Lipinski definition) is 0. The molecule has 2 aliphatic heterocycles. The summed E-state index contributed by atoms with van der Waals surface area (Å²) in [4.78, 5) is 11.6. The Balaban J connectivity index is 1.65. The van der Waals surface area contributed by atoms with Crippen LogP contribution in [-0.2, 0) is 4.74 Å². The van der Waals surface area contributed by atoms with Gasteiger partial charge in [0.1, 0.15) is 4.60 Å². The van der Waals surface area contributed by atoms with Crippen molar-refractivity contribution in [2.24, 2.45) is 5.41 Å².